The molecule has 1 aliphatic heterocycles. The zero-order valence-electron chi connectivity index (χ0n) is 9.07. The Bertz CT molecular complexity index is 184. The van der Waals surface area contributed by atoms with E-state index in [1.165, 1.54) is 11.5 Å². The first-order chi connectivity index (χ1) is 7.33. The molecule has 0 bridgehead atoms. The molecule has 4 nitrogen and oxygen atoms in total. The van der Waals surface area contributed by atoms with E-state index in [-0.39, 0.29) is 12.5 Å². The van der Waals surface area contributed by atoms with Gasteiger partial charge < -0.3 is 10.4 Å². The number of thioether (sulfide) groups is 1. The minimum Gasteiger partial charge on any atom is -0.396 e. The molecule has 0 aromatic carbocycles. The van der Waals surface area contributed by atoms with E-state index in [4.69, 9.17) is 5.11 Å². The fourth-order valence-electron chi connectivity index (χ4n) is 1.51. The van der Waals surface area contributed by atoms with E-state index in [9.17, 15) is 4.79 Å². The molecule has 2 N–H and O–H groups in total. The molecule has 88 valence electrons. The van der Waals surface area contributed by atoms with Crippen LogP contribution in [0, 0.1) is 0 Å². The highest BCUT2D eigenvalue weighted by Crippen LogP contribution is 2.07. The smallest absolute Gasteiger partial charge is 0.220 e. The van der Waals surface area contributed by atoms with Gasteiger partial charge in [0.1, 0.15) is 0 Å². The van der Waals surface area contributed by atoms with Crippen LogP contribution in [0.4, 0.5) is 0 Å². The number of aliphatic hydroxyl groups excluding tert-OH is 1. The number of hydrogen-bond donors (Lipinski definition) is 2. The van der Waals surface area contributed by atoms with Crippen LogP contribution < -0.4 is 5.32 Å². The van der Waals surface area contributed by atoms with Gasteiger partial charge in [0.2, 0.25) is 5.91 Å². The van der Waals surface area contributed by atoms with E-state index in [1.807, 2.05) is 11.8 Å². The van der Waals surface area contributed by atoms with Crippen LogP contribution in [0.2, 0.25) is 0 Å². The average Bonchev–Trinajstić information content (AvgIpc) is 2.28. The quantitative estimate of drug-likeness (QED) is 0.673. The molecular formula is C10H20N2O2S. The lowest BCUT2D eigenvalue weighted by molar-refractivity contribution is -0.121. The molecule has 1 heterocycles. The van der Waals surface area contributed by atoms with Gasteiger partial charge in [-0.3, -0.25) is 9.69 Å². The maximum absolute atomic E-state index is 11.2. The van der Waals surface area contributed by atoms with Crippen molar-refractivity contribution in [2.24, 2.45) is 0 Å². The van der Waals surface area contributed by atoms with Crippen LogP contribution in [0.5, 0.6) is 0 Å². The predicted octanol–water partition coefficient (Wildman–Crippen LogP) is -0.0761. The van der Waals surface area contributed by atoms with E-state index >= 15 is 0 Å². The third-order valence-corrected chi connectivity index (χ3v) is 3.36. The Labute approximate surface area is 95.4 Å². The molecule has 1 rings (SSSR count). The molecule has 0 spiro atoms. The second kappa shape index (κ2) is 7.96. The van der Waals surface area contributed by atoms with Gasteiger partial charge in [-0.1, -0.05) is 0 Å². The third kappa shape index (κ3) is 6.02. The molecule has 1 fully saturated rings. The van der Waals surface area contributed by atoms with Crippen molar-refractivity contribution in [1.82, 2.24) is 10.2 Å². The highest BCUT2D eigenvalue weighted by atomic mass is 32.2. The second-order valence-electron chi connectivity index (χ2n) is 3.63. The van der Waals surface area contributed by atoms with Crippen molar-refractivity contribution in [3.05, 3.63) is 0 Å². The zero-order chi connectivity index (χ0) is 10.9. The maximum atomic E-state index is 11.2. The standard InChI is InChI=1S/C10H20N2O2S/c13-7-1-2-10(14)11-3-4-12-5-8-15-9-6-12/h13H,1-9H2,(H,11,14). The summed E-state index contributed by atoms with van der Waals surface area (Å²) in [7, 11) is 0. The molecule has 0 radical (unpaired) electrons. The first kappa shape index (κ1) is 12.8. The molecule has 15 heavy (non-hydrogen) atoms. The van der Waals surface area contributed by atoms with E-state index < -0.39 is 0 Å². The number of carbonyl (C=O) groups excluding carboxylic acids is 1. The summed E-state index contributed by atoms with van der Waals surface area (Å²) in [5.74, 6) is 2.46. The van der Waals surface area contributed by atoms with Crippen LogP contribution in [0.25, 0.3) is 0 Å². The number of hydrogen-bond acceptors (Lipinski definition) is 4. The Hall–Kier alpha value is -0.260. The first-order valence-corrected chi connectivity index (χ1v) is 6.66. The fraction of sp³-hybridized carbons (Fsp3) is 0.900. The minimum absolute atomic E-state index is 0.0513. The molecule has 1 amide bonds. The summed E-state index contributed by atoms with van der Waals surface area (Å²) in [5, 5.41) is 11.4. The Kier molecular flexibility index (Phi) is 6.80. The fourth-order valence-corrected chi connectivity index (χ4v) is 2.48. The monoisotopic (exact) mass is 232 g/mol. The van der Waals surface area contributed by atoms with Crippen molar-refractivity contribution in [2.45, 2.75) is 12.8 Å². The molecule has 0 aliphatic carbocycles. The van der Waals surface area contributed by atoms with Crippen molar-refractivity contribution in [1.29, 1.82) is 0 Å². The molecule has 0 aromatic rings. The van der Waals surface area contributed by atoms with Gasteiger partial charge in [0.15, 0.2) is 0 Å². The summed E-state index contributed by atoms with van der Waals surface area (Å²) in [6, 6.07) is 0. The molecule has 0 atom stereocenters. The molecular weight excluding hydrogens is 212 g/mol. The Morgan fingerprint density at radius 2 is 2.13 bits per heavy atom. The highest BCUT2D eigenvalue weighted by Gasteiger charge is 2.09. The van der Waals surface area contributed by atoms with Crippen molar-refractivity contribution < 1.29 is 9.90 Å². The van der Waals surface area contributed by atoms with Crippen molar-refractivity contribution >= 4 is 17.7 Å². The van der Waals surface area contributed by atoms with Crippen molar-refractivity contribution in [3.63, 3.8) is 0 Å². The Balaban J connectivity index is 1.97. The van der Waals surface area contributed by atoms with Crippen LogP contribution in [0.15, 0.2) is 0 Å². The molecule has 1 saturated heterocycles. The van der Waals surface area contributed by atoms with Gasteiger partial charge in [-0.15, -0.1) is 0 Å². The van der Waals surface area contributed by atoms with Gasteiger partial charge in [0.05, 0.1) is 0 Å². The summed E-state index contributed by atoms with van der Waals surface area (Å²) in [5.41, 5.74) is 0. The van der Waals surface area contributed by atoms with Crippen LogP contribution in [0.1, 0.15) is 12.8 Å². The van der Waals surface area contributed by atoms with E-state index in [0.717, 1.165) is 26.2 Å². The second-order valence-corrected chi connectivity index (χ2v) is 4.86. The van der Waals surface area contributed by atoms with Gasteiger partial charge in [-0.25, -0.2) is 0 Å². The molecule has 1 aliphatic rings. The predicted molar refractivity (Wildman–Crippen MR) is 63.1 cm³/mol. The molecule has 0 saturated carbocycles. The Morgan fingerprint density at radius 3 is 2.80 bits per heavy atom. The largest absolute Gasteiger partial charge is 0.396 e. The first-order valence-electron chi connectivity index (χ1n) is 5.50. The van der Waals surface area contributed by atoms with Gasteiger partial charge in [-0.05, 0) is 6.42 Å². The third-order valence-electron chi connectivity index (χ3n) is 2.42. The van der Waals surface area contributed by atoms with Crippen molar-refractivity contribution in [3.8, 4) is 0 Å². The summed E-state index contributed by atoms with van der Waals surface area (Å²) in [6.45, 7) is 4.05. The van der Waals surface area contributed by atoms with Gasteiger partial charge in [-0.2, -0.15) is 11.8 Å². The summed E-state index contributed by atoms with van der Waals surface area (Å²) < 4.78 is 0. The Morgan fingerprint density at radius 1 is 1.40 bits per heavy atom. The highest BCUT2D eigenvalue weighted by molar-refractivity contribution is 7.99. The number of nitrogens with zero attached hydrogens (tertiary/aromatic N) is 1. The van der Waals surface area contributed by atoms with Crippen molar-refractivity contribution in [2.75, 3.05) is 44.3 Å². The van der Waals surface area contributed by atoms with E-state index in [0.29, 0.717) is 12.8 Å². The van der Waals surface area contributed by atoms with Crippen LogP contribution in [0.3, 0.4) is 0 Å². The number of nitrogens with one attached hydrogen (secondary N) is 1. The maximum Gasteiger partial charge on any atom is 0.220 e. The molecule has 5 heteroatoms. The lowest BCUT2D eigenvalue weighted by atomic mass is 10.3. The van der Waals surface area contributed by atoms with Crippen LogP contribution in [-0.4, -0.2) is 60.2 Å². The normalized spacial score (nSPS) is 17.7. The summed E-state index contributed by atoms with van der Waals surface area (Å²) in [6.07, 6.45) is 0.999. The number of rotatable bonds is 6. The summed E-state index contributed by atoms with van der Waals surface area (Å²) >= 11 is 1.99. The summed E-state index contributed by atoms with van der Waals surface area (Å²) in [4.78, 5) is 13.6. The van der Waals surface area contributed by atoms with E-state index in [2.05, 4.69) is 10.2 Å². The number of aliphatic hydroxyl groups is 1. The lowest BCUT2D eigenvalue weighted by Gasteiger charge is -2.25. The van der Waals surface area contributed by atoms with E-state index in [1.54, 1.807) is 0 Å². The number of amides is 1. The SMILES string of the molecule is O=C(CCCO)NCCN1CCSCC1. The molecule has 0 aromatic heterocycles. The van der Waals surface area contributed by atoms with Gasteiger partial charge in [0.25, 0.3) is 0 Å². The topological polar surface area (TPSA) is 52.6 Å². The molecule has 0 unspecified atom stereocenters. The van der Waals surface area contributed by atoms with Crippen LogP contribution in [-0.2, 0) is 4.79 Å². The average molecular weight is 232 g/mol. The number of carbonyl (C=O) groups is 1. The zero-order valence-corrected chi connectivity index (χ0v) is 9.89. The van der Waals surface area contributed by atoms with Gasteiger partial charge >= 0.3 is 0 Å². The van der Waals surface area contributed by atoms with Crippen LogP contribution >= 0.6 is 11.8 Å². The lowest BCUT2D eigenvalue weighted by Crippen LogP contribution is -2.39. The van der Waals surface area contributed by atoms with Gasteiger partial charge in [0, 0.05) is 50.7 Å². The minimum atomic E-state index is 0.0513.